The number of methoxy groups -OCH3 is 2. The minimum Gasteiger partial charge on any atom is -0.497 e. The topological polar surface area (TPSA) is 141 Å². The van der Waals surface area contributed by atoms with E-state index in [1.165, 1.54) is 0 Å². The zero-order valence-electron chi connectivity index (χ0n) is 24.8. The number of benzene rings is 1. The fourth-order valence-corrected chi connectivity index (χ4v) is 5.43. The lowest BCUT2D eigenvalue weighted by atomic mass is 10.0. The van der Waals surface area contributed by atoms with Crippen molar-refractivity contribution in [1.29, 1.82) is 0 Å². The van der Waals surface area contributed by atoms with Gasteiger partial charge in [0.15, 0.2) is 0 Å². The van der Waals surface area contributed by atoms with Crippen LogP contribution in [0.2, 0.25) is 0 Å². The molecule has 12 nitrogen and oxygen atoms in total. The largest absolute Gasteiger partial charge is 0.497 e. The number of carbonyl (C=O) groups is 1. The molecule has 0 saturated heterocycles. The van der Waals surface area contributed by atoms with Crippen molar-refractivity contribution >= 4 is 34.5 Å². The number of amides is 2. The molecule has 0 aliphatic heterocycles. The Hall–Kier alpha value is -5.34. The molecular formula is C31H29F3N8O4. The van der Waals surface area contributed by atoms with Gasteiger partial charge in [-0.05, 0) is 56.0 Å². The van der Waals surface area contributed by atoms with E-state index < -0.39 is 17.6 Å². The smallest absolute Gasteiger partial charge is 0.400 e. The molecule has 0 radical (unpaired) electrons. The first-order valence-corrected chi connectivity index (χ1v) is 14.6. The Balaban J connectivity index is 1.10. The highest BCUT2D eigenvalue weighted by Crippen LogP contribution is 2.58. The van der Waals surface area contributed by atoms with Gasteiger partial charge in [-0.25, -0.2) is 14.8 Å². The van der Waals surface area contributed by atoms with E-state index in [0.717, 1.165) is 35.4 Å². The second-order valence-electron chi connectivity index (χ2n) is 11.3. The summed E-state index contributed by atoms with van der Waals surface area (Å²) in [7, 11) is 3.21. The molecule has 2 fully saturated rings. The van der Waals surface area contributed by atoms with E-state index in [2.05, 4.69) is 31.1 Å². The van der Waals surface area contributed by atoms with Crippen LogP contribution < -0.4 is 25.4 Å². The summed E-state index contributed by atoms with van der Waals surface area (Å²) in [6.45, 7) is 0.438. The molecule has 7 rings (SSSR count). The molecule has 3 N–H and O–H groups in total. The van der Waals surface area contributed by atoms with Crippen molar-refractivity contribution in [3.8, 4) is 22.8 Å². The standard InChI is InChI=1S/C31H29F3N8O4/c1-44-20-7-3-17(22(13-20)45-2)15-37-28-26-21(9-12-35-28)42(19-5-6-19)40-27(26)18-4-8-24(36-16-18)38-29(43)39-25-14-23(41-46-25)30(10-11-30)31(32,33)34/h3-4,7-9,12-14,16,19H,5-6,10-11,15H2,1-2H3,(H,35,37)(H2,36,38,39,43). The fourth-order valence-electron chi connectivity index (χ4n) is 5.43. The van der Waals surface area contributed by atoms with Crippen LogP contribution in [0.15, 0.2) is 59.4 Å². The lowest BCUT2D eigenvalue weighted by Crippen LogP contribution is -2.28. The number of fused-ring (bicyclic) bond motifs is 1. The van der Waals surface area contributed by atoms with Crippen LogP contribution in [0.25, 0.3) is 22.2 Å². The van der Waals surface area contributed by atoms with Gasteiger partial charge >= 0.3 is 12.2 Å². The monoisotopic (exact) mass is 634 g/mol. The number of aromatic nitrogens is 5. The summed E-state index contributed by atoms with van der Waals surface area (Å²) in [5, 5.41) is 17.7. The van der Waals surface area contributed by atoms with Gasteiger partial charge in [0.1, 0.15) is 39.9 Å². The molecular weight excluding hydrogens is 605 g/mol. The van der Waals surface area contributed by atoms with Crippen molar-refractivity contribution in [3.05, 3.63) is 66.1 Å². The minimum absolute atomic E-state index is 0.0653. The van der Waals surface area contributed by atoms with E-state index in [1.807, 2.05) is 28.9 Å². The summed E-state index contributed by atoms with van der Waals surface area (Å²) >= 11 is 0. The first-order chi connectivity index (χ1) is 22.2. The van der Waals surface area contributed by atoms with E-state index >= 15 is 0 Å². The van der Waals surface area contributed by atoms with Gasteiger partial charge in [0, 0.05) is 42.2 Å². The Morgan fingerprint density at radius 2 is 1.89 bits per heavy atom. The SMILES string of the molecule is COc1ccc(CNc2nccc3c2c(-c2ccc(NC(=O)Nc4cc(C5(C(F)(F)F)CC5)no4)nc2)nn3C2CC2)c(OC)c1. The zero-order chi connectivity index (χ0) is 32.1. The number of pyridine rings is 2. The van der Waals surface area contributed by atoms with E-state index in [9.17, 15) is 18.0 Å². The Morgan fingerprint density at radius 3 is 2.57 bits per heavy atom. The molecule has 2 aliphatic carbocycles. The third-order valence-corrected chi connectivity index (χ3v) is 8.26. The van der Waals surface area contributed by atoms with Gasteiger partial charge in [0.2, 0.25) is 5.88 Å². The number of halogens is 3. The summed E-state index contributed by atoms with van der Waals surface area (Å²) in [4.78, 5) is 21.6. The number of rotatable bonds is 10. The highest BCUT2D eigenvalue weighted by atomic mass is 19.4. The Kier molecular flexibility index (Phi) is 7.17. The maximum atomic E-state index is 13.4. The highest BCUT2D eigenvalue weighted by Gasteiger charge is 2.66. The van der Waals surface area contributed by atoms with Crippen LogP contribution in [0.5, 0.6) is 11.5 Å². The van der Waals surface area contributed by atoms with Crippen LogP contribution in [-0.2, 0) is 12.0 Å². The van der Waals surface area contributed by atoms with Crippen LogP contribution in [0.1, 0.15) is 43.0 Å². The minimum atomic E-state index is -4.44. The molecule has 2 amide bonds. The molecule has 0 spiro atoms. The number of ether oxygens (including phenoxy) is 2. The predicted molar refractivity (Wildman–Crippen MR) is 162 cm³/mol. The van der Waals surface area contributed by atoms with Crippen molar-refractivity contribution in [2.45, 2.75) is 49.9 Å². The van der Waals surface area contributed by atoms with Crippen molar-refractivity contribution in [3.63, 3.8) is 0 Å². The number of urea groups is 1. The number of alkyl halides is 3. The van der Waals surface area contributed by atoms with Crippen molar-refractivity contribution in [1.82, 2.24) is 24.9 Å². The Labute approximate surface area is 260 Å². The van der Waals surface area contributed by atoms with Crippen LogP contribution in [0.4, 0.5) is 35.5 Å². The molecule has 1 aromatic carbocycles. The van der Waals surface area contributed by atoms with Gasteiger partial charge < -0.3 is 19.3 Å². The third kappa shape index (κ3) is 5.41. The number of hydrogen-bond donors (Lipinski definition) is 3. The quantitative estimate of drug-likeness (QED) is 0.153. The van der Waals surface area contributed by atoms with Crippen LogP contribution >= 0.6 is 0 Å². The Morgan fingerprint density at radius 1 is 1.07 bits per heavy atom. The molecule has 15 heteroatoms. The third-order valence-electron chi connectivity index (χ3n) is 8.26. The number of nitrogens with one attached hydrogen (secondary N) is 3. The van der Waals surface area contributed by atoms with E-state index in [1.54, 1.807) is 38.7 Å². The predicted octanol–water partition coefficient (Wildman–Crippen LogP) is 6.68. The van der Waals surface area contributed by atoms with Crippen molar-refractivity contribution in [2.75, 3.05) is 30.2 Å². The average molecular weight is 635 g/mol. The molecule has 0 atom stereocenters. The summed E-state index contributed by atoms with van der Waals surface area (Å²) in [6, 6.07) is 11.6. The number of nitrogens with zero attached hydrogens (tertiary/aromatic N) is 5. The maximum absolute atomic E-state index is 13.4. The summed E-state index contributed by atoms with van der Waals surface area (Å²) in [6.07, 6.45) is 0.828. The zero-order valence-corrected chi connectivity index (χ0v) is 24.8. The molecule has 0 unspecified atom stereocenters. The number of anilines is 3. The van der Waals surface area contributed by atoms with E-state index in [-0.39, 0.29) is 30.2 Å². The summed E-state index contributed by atoms with van der Waals surface area (Å²) < 4.78 is 58.0. The summed E-state index contributed by atoms with van der Waals surface area (Å²) in [5.41, 5.74) is 0.979. The molecule has 5 aromatic rings. The van der Waals surface area contributed by atoms with E-state index in [4.69, 9.17) is 19.1 Å². The second kappa shape index (κ2) is 11.2. The van der Waals surface area contributed by atoms with Gasteiger partial charge in [-0.15, -0.1) is 0 Å². The van der Waals surface area contributed by atoms with E-state index in [0.29, 0.717) is 41.2 Å². The van der Waals surface area contributed by atoms with Gasteiger partial charge in [-0.2, -0.15) is 18.3 Å². The number of hydrogen-bond acceptors (Lipinski definition) is 9. The maximum Gasteiger partial charge on any atom is 0.400 e. The molecule has 2 aliphatic rings. The molecule has 238 valence electrons. The van der Waals surface area contributed by atoms with Gasteiger partial charge in [-0.3, -0.25) is 15.3 Å². The molecule has 0 bridgehead atoms. The molecule has 46 heavy (non-hydrogen) atoms. The number of carbonyl (C=O) groups excluding carboxylic acids is 1. The lowest BCUT2D eigenvalue weighted by Gasteiger charge is -2.15. The normalized spacial score (nSPS) is 15.4. The van der Waals surface area contributed by atoms with Gasteiger partial charge in [-0.1, -0.05) is 5.16 Å². The van der Waals surface area contributed by atoms with Crippen LogP contribution in [0.3, 0.4) is 0 Å². The van der Waals surface area contributed by atoms with Crippen molar-refractivity contribution in [2.24, 2.45) is 0 Å². The van der Waals surface area contributed by atoms with Gasteiger partial charge in [0.05, 0.1) is 31.2 Å². The second-order valence-corrected chi connectivity index (χ2v) is 11.3. The molecule has 2 saturated carbocycles. The molecule has 4 heterocycles. The van der Waals surface area contributed by atoms with Crippen LogP contribution in [-0.4, -0.2) is 51.3 Å². The highest BCUT2D eigenvalue weighted by molar-refractivity contribution is 6.01. The first kappa shape index (κ1) is 29.4. The first-order valence-electron chi connectivity index (χ1n) is 14.6. The Bertz CT molecular complexity index is 1910. The fraction of sp³-hybridized carbons (Fsp3) is 0.323. The molecule has 4 aromatic heterocycles. The van der Waals surface area contributed by atoms with Crippen molar-refractivity contribution < 1.29 is 32.0 Å². The summed E-state index contributed by atoms with van der Waals surface area (Å²) in [5.74, 6) is 2.03. The van der Waals surface area contributed by atoms with Crippen LogP contribution in [0, 0.1) is 0 Å². The van der Waals surface area contributed by atoms with Gasteiger partial charge in [0.25, 0.3) is 0 Å². The average Bonchev–Trinajstić information content (AvgIpc) is 3.98. The lowest BCUT2D eigenvalue weighted by molar-refractivity contribution is -0.161.